The number of fused-ring (bicyclic) bond motifs is 2. The van der Waals surface area contributed by atoms with Gasteiger partial charge >= 0.3 is 0 Å². The first-order valence-electron chi connectivity index (χ1n) is 8.68. The number of hydrogen-bond donors (Lipinski definition) is 0. The molecule has 0 bridgehead atoms. The molecule has 0 N–H and O–H groups in total. The highest BCUT2D eigenvalue weighted by atomic mass is 32.2. The number of aromatic nitrogens is 4. The molecule has 140 valence electrons. The number of sulfonamides is 1. The van der Waals surface area contributed by atoms with Crippen molar-refractivity contribution in [2.24, 2.45) is 0 Å². The van der Waals surface area contributed by atoms with E-state index in [4.69, 9.17) is 4.74 Å². The van der Waals surface area contributed by atoms with Gasteiger partial charge in [-0.2, -0.15) is 8.82 Å². The van der Waals surface area contributed by atoms with Gasteiger partial charge in [-0.15, -0.1) is 15.3 Å². The molecule has 0 amide bonds. The Balaban J connectivity index is 1.32. The summed E-state index contributed by atoms with van der Waals surface area (Å²) in [6.45, 7) is 1.78. The predicted octanol–water partition coefficient (Wildman–Crippen LogP) is 0.568. The topological polar surface area (TPSA) is 92.9 Å². The molecule has 0 unspecified atom stereocenters. The van der Waals surface area contributed by atoms with Crippen LogP contribution >= 0.6 is 0 Å². The molecule has 0 atom stereocenters. The lowest BCUT2D eigenvalue weighted by Gasteiger charge is -2.43. The van der Waals surface area contributed by atoms with Gasteiger partial charge in [0.1, 0.15) is 17.9 Å². The largest absolute Gasteiger partial charge is 0.493 e. The van der Waals surface area contributed by atoms with Crippen molar-refractivity contribution >= 4 is 21.5 Å². The highest BCUT2D eigenvalue weighted by Gasteiger charge is 2.37. The molecule has 0 spiro atoms. The van der Waals surface area contributed by atoms with Gasteiger partial charge in [-0.05, 0) is 35.9 Å². The summed E-state index contributed by atoms with van der Waals surface area (Å²) in [6, 6.07) is 8.71. The Labute approximate surface area is 156 Å². The Kier molecular flexibility index (Phi) is 3.59. The zero-order valence-corrected chi connectivity index (χ0v) is 15.5. The van der Waals surface area contributed by atoms with Crippen molar-refractivity contribution in [1.82, 2.24) is 24.1 Å². The van der Waals surface area contributed by atoms with Gasteiger partial charge < -0.3 is 9.64 Å². The fourth-order valence-corrected chi connectivity index (χ4v) is 4.83. The maximum atomic E-state index is 13.0. The number of likely N-dealkylation sites (N-methyl/N-ethyl adjacent to an activating group) is 1. The second-order valence-electron chi connectivity index (χ2n) is 6.77. The van der Waals surface area contributed by atoms with Gasteiger partial charge in [-0.3, -0.25) is 0 Å². The molecule has 1 fully saturated rings. The van der Waals surface area contributed by atoms with E-state index in [0.717, 1.165) is 23.6 Å². The van der Waals surface area contributed by atoms with Crippen LogP contribution in [0.1, 0.15) is 5.56 Å². The zero-order valence-electron chi connectivity index (χ0n) is 14.7. The van der Waals surface area contributed by atoms with Gasteiger partial charge in [0.15, 0.2) is 5.65 Å². The molecular weight excluding hydrogens is 368 g/mol. The van der Waals surface area contributed by atoms with Crippen LogP contribution in [-0.2, 0) is 16.4 Å². The van der Waals surface area contributed by atoms with Crippen LogP contribution in [0.2, 0.25) is 0 Å². The summed E-state index contributed by atoms with van der Waals surface area (Å²) in [4.78, 5) is 2.35. The summed E-state index contributed by atoms with van der Waals surface area (Å²) >= 11 is 0. The van der Waals surface area contributed by atoms with E-state index in [1.807, 2.05) is 17.0 Å². The van der Waals surface area contributed by atoms with Gasteiger partial charge in [-0.25, -0.2) is 8.42 Å². The quantitative estimate of drug-likeness (QED) is 0.647. The van der Waals surface area contributed by atoms with E-state index < -0.39 is 10.0 Å². The fourth-order valence-electron chi connectivity index (χ4n) is 3.45. The lowest BCUT2D eigenvalue weighted by atomic mass is 10.1. The summed E-state index contributed by atoms with van der Waals surface area (Å²) in [5, 5.41) is 12.2. The van der Waals surface area contributed by atoms with Crippen LogP contribution in [0.4, 0.5) is 5.82 Å². The summed E-state index contributed by atoms with van der Waals surface area (Å²) < 4.78 is 34.5. The first kappa shape index (κ1) is 16.5. The lowest BCUT2D eigenvalue weighted by molar-refractivity contribution is 0.309. The Morgan fingerprint density at radius 2 is 2.07 bits per heavy atom. The third-order valence-electron chi connectivity index (χ3n) is 5.19. The van der Waals surface area contributed by atoms with Crippen molar-refractivity contribution in [3.8, 4) is 5.75 Å². The standard InChI is InChI=1S/C17H18N6O3S/c1-21(27(24,25)14-2-3-15-12(8-14)6-7-26-15)13-9-22(10-13)17-5-4-16-19-18-11-23(16)20-17/h2-5,8,11,13H,6-7,9-10H2,1H3. The normalized spacial score (nSPS) is 17.2. The number of hydrogen-bond acceptors (Lipinski definition) is 7. The molecule has 0 radical (unpaired) electrons. The first-order valence-corrected chi connectivity index (χ1v) is 10.1. The summed E-state index contributed by atoms with van der Waals surface area (Å²) in [5.74, 6) is 1.56. The molecule has 2 aliphatic rings. The minimum atomic E-state index is -3.55. The van der Waals surface area contributed by atoms with Crippen LogP contribution in [0.25, 0.3) is 5.65 Å². The Morgan fingerprint density at radius 3 is 2.93 bits per heavy atom. The zero-order chi connectivity index (χ0) is 18.6. The van der Waals surface area contributed by atoms with Crippen LogP contribution in [0, 0.1) is 0 Å². The average Bonchev–Trinajstić information content (AvgIpc) is 3.28. The van der Waals surface area contributed by atoms with Crippen molar-refractivity contribution < 1.29 is 13.2 Å². The SMILES string of the molecule is CN(C1CN(c2ccc3nncn3n2)C1)S(=O)(=O)c1ccc2c(c1)CCO2. The Morgan fingerprint density at radius 1 is 1.22 bits per heavy atom. The molecule has 4 heterocycles. The summed E-state index contributed by atoms with van der Waals surface area (Å²) in [5.41, 5.74) is 1.63. The van der Waals surface area contributed by atoms with Gasteiger partial charge in [0.05, 0.1) is 17.5 Å². The molecule has 0 saturated carbocycles. The van der Waals surface area contributed by atoms with Crippen LogP contribution < -0.4 is 9.64 Å². The number of nitrogens with zero attached hydrogens (tertiary/aromatic N) is 6. The molecular formula is C17H18N6O3S. The molecule has 1 saturated heterocycles. The van der Waals surface area contributed by atoms with Crippen LogP contribution in [0.15, 0.2) is 41.6 Å². The number of rotatable bonds is 4. The van der Waals surface area contributed by atoms with E-state index in [1.165, 1.54) is 4.31 Å². The second kappa shape index (κ2) is 5.89. The highest BCUT2D eigenvalue weighted by molar-refractivity contribution is 7.89. The fraction of sp³-hybridized carbons (Fsp3) is 0.353. The monoisotopic (exact) mass is 386 g/mol. The van der Waals surface area contributed by atoms with E-state index in [-0.39, 0.29) is 6.04 Å². The molecule has 27 heavy (non-hydrogen) atoms. The number of benzene rings is 1. The lowest BCUT2D eigenvalue weighted by Crippen LogP contribution is -2.60. The summed E-state index contributed by atoms with van der Waals surface area (Å²) in [7, 11) is -1.91. The molecule has 10 heteroatoms. The highest BCUT2D eigenvalue weighted by Crippen LogP contribution is 2.30. The van der Waals surface area contributed by atoms with Crippen LogP contribution in [0.3, 0.4) is 0 Å². The van der Waals surface area contributed by atoms with Gasteiger partial charge in [0.25, 0.3) is 0 Å². The van der Waals surface area contributed by atoms with E-state index in [0.29, 0.717) is 30.2 Å². The van der Waals surface area contributed by atoms with E-state index in [1.54, 1.807) is 36.1 Å². The van der Waals surface area contributed by atoms with Gasteiger partial charge in [0, 0.05) is 26.6 Å². The van der Waals surface area contributed by atoms with Gasteiger partial charge in [-0.1, -0.05) is 0 Å². The molecule has 1 aromatic carbocycles. The smallest absolute Gasteiger partial charge is 0.243 e. The summed E-state index contributed by atoms with van der Waals surface area (Å²) in [6.07, 6.45) is 2.29. The first-order chi connectivity index (χ1) is 13.0. The van der Waals surface area contributed by atoms with Crippen LogP contribution in [-0.4, -0.2) is 65.3 Å². The Hall–Kier alpha value is -2.72. The maximum absolute atomic E-state index is 13.0. The number of anilines is 1. The number of ether oxygens (including phenoxy) is 1. The molecule has 5 rings (SSSR count). The van der Waals surface area contributed by atoms with Crippen molar-refractivity contribution in [2.75, 3.05) is 31.6 Å². The van der Waals surface area contributed by atoms with Gasteiger partial charge in [0.2, 0.25) is 10.0 Å². The maximum Gasteiger partial charge on any atom is 0.243 e. The Bertz CT molecular complexity index is 1120. The van der Waals surface area contributed by atoms with Crippen molar-refractivity contribution in [3.63, 3.8) is 0 Å². The van der Waals surface area contributed by atoms with E-state index in [9.17, 15) is 8.42 Å². The molecule has 2 aromatic heterocycles. The molecule has 9 nitrogen and oxygen atoms in total. The molecule has 0 aliphatic carbocycles. The second-order valence-corrected chi connectivity index (χ2v) is 8.77. The van der Waals surface area contributed by atoms with E-state index >= 15 is 0 Å². The van der Waals surface area contributed by atoms with Crippen molar-refractivity contribution in [3.05, 3.63) is 42.2 Å². The third kappa shape index (κ3) is 2.63. The van der Waals surface area contributed by atoms with Crippen LogP contribution in [0.5, 0.6) is 5.75 Å². The minimum absolute atomic E-state index is 0.0992. The van der Waals surface area contributed by atoms with Crippen molar-refractivity contribution in [1.29, 1.82) is 0 Å². The molecule has 3 aromatic rings. The van der Waals surface area contributed by atoms with Crippen molar-refractivity contribution in [2.45, 2.75) is 17.4 Å². The third-order valence-corrected chi connectivity index (χ3v) is 7.09. The van der Waals surface area contributed by atoms with E-state index in [2.05, 4.69) is 15.3 Å². The molecule has 2 aliphatic heterocycles. The average molecular weight is 386 g/mol. The minimum Gasteiger partial charge on any atom is -0.493 e. The predicted molar refractivity (Wildman–Crippen MR) is 97.4 cm³/mol.